The van der Waals surface area contributed by atoms with Gasteiger partial charge in [-0.2, -0.15) is 5.10 Å². The number of pyridine rings is 1. The fourth-order valence-corrected chi connectivity index (χ4v) is 1.91. The number of rotatable bonds is 3. The predicted molar refractivity (Wildman–Crippen MR) is 71.0 cm³/mol. The molecule has 0 amide bonds. The summed E-state index contributed by atoms with van der Waals surface area (Å²) in [6.07, 6.45) is 7.54. The summed E-state index contributed by atoms with van der Waals surface area (Å²) in [4.78, 5) is 4.02. The van der Waals surface area contributed by atoms with E-state index in [1.807, 2.05) is 41.2 Å². The largest absolute Gasteiger partial charge is 0.268 e. The second kappa shape index (κ2) is 4.84. The molecule has 3 aromatic rings. The van der Waals surface area contributed by atoms with E-state index < -0.39 is 0 Å². The summed E-state index contributed by atoms with van der Waals surface area (Å²) in [5.74, 6) is 0. The molecule has 2 heterocycles. The normalized spacial score (nSPS) is 10.4. The molecule has 0 N–H and O–H groups in total. The summed E-state index contributed by atoms with van der Waals surface area (Å²) in [5, 5.41) is 4.38. The van der Waals surface area contributed by atoms with E-state index in [1.54, 1.807) is 12.4 Å². The minimum atomic E-state index is 0.798. The van der Waals surface area contributed by atoms with E-state index in [4.69, 9.17) is 0 Å². The third-order valence-corrected chi connectivity index (χ3v) is 2.83. The van der Waals surface area contributed by atoms with E-state index in [0.29, 0.717) is 0 Å². The van der Waals surface area contributed by atoms with Gasteiger partial charge in [0.2, 0.25) is 0 Å². The molecule has 0 aliphatic rings. The van der Waals surface area contributed by atoms with Gasteiger partial charge in [0.05, 0.1) is 12.7 Å². The summed E-state index contributed by atoms with van der Waals surface area (Å²) in [5.41, 5.74) is 3.51. The molecule has 3 heteroatoms. The van der Waals surface area contributed by atoms with Gasteiger partial charge in [0.1, 0.15) is 0 Å². The van der Waals surface area contributed by atoms with Gasteiger partial charge in [0, 0.05) is 24.2 Å². The smallest absolute Gasteiger partial charge is 0.0659 e. The Balaban J connectivity index is 1.82. The van der Waals surface area contributed by atoms with E-state index in [2.05, 4.69) is 28.4 Å². The molecule has 0 saturated heterocycles. The number of hydrogen-bond donors (Lipinski definition) is 0. The minimum Gasteiger partial charge on any atom is -0.268 e. The molecule has 0 unspecified atom stereocenters. The molecule has 0 aliphatic heterocycles. The van der Waals surface area contributed by atoms with Crippen LogP contribution in [0.2, 0.25) is 0 Å². The van der Waals surface area contributed by atoms with Gasteiger partial charge in [0.15, 0.2) is 0 Å². The summed E-state index contributed by atoms with van der Waals surface area (Å²) in [7, 11) is 0. The topological polar surface area (TPSA) is 30.7 Å². The molecule has 0 fully saturated rings. The molecule has 0 bridgehead atoms. The lowest BCUT2D eigenvalue weighted by molar-refractivity contribution is 0.687. The second-order valence-corrected chi connectivity index (χ2v) is 4.15. The highest BCUT2D eigenvalue weighted by Crippen LogP contribution is 2.17. The van der Waals surface area contributed by atoms with Crippen molar-refractivity contribution in [2.75, 3.05) is 0 Å². The Bertz CT molecular complexity index is 615. The zero-order chi connectivity index (χ0) is 12.2. The number of benzene rings is 1. The molecular weight excluding hydrogens is 222 g/mol. The van der Waals surface area contributed by atoms with Crippen LogP contribution in [0.1, 0.15) is 5.56 Å². The van der Waals surface area contributed by atoms with Crippen molar-refractivity contribution in [3.05, 3.63) is 72.8 Å². The van der Waals surface area contributed by atoms with E-state index in [-0.39, 0.29) is 0 Å². The van der Waals surface area contributed by atoms with Crippen LogP contribution in [0.5, 0.6) is 0 Å². The van der Waals surface area contributed by atoms with Crippen molar-refractivity contribution in [1.82, 2.24) is 14.8 Å². The molecule has 88 valence electrons. The Morgan fingerprint density at radius 2 is 1.67 bits per heavy atom. The lowest BCUT2D eigenvalue weighted by atomic mass is 10.1. The van der Waals surface area contributed by atoms with Crippen LogP contribution in [-0.4, -0.2) is 14.8 Å². The van der Waals surface area contributed by atoms with Crippen LogP contribution in [-0.2, 0) is 6.54 Å². The Morgan fingerprint density at radius 1 is 0.889 bits per heavy atom. The van der Waals surface area contributed by atoms with Crippen LogP contribution < -0.4 is 0 Å². The standard InChI is InChI=1S/C15H13N3/c1-2-4-13(5-3-1)11-18-12-15(10-17-18)14-6-8-16-9-7-14/h1-10,12H,11H2. The molecule has 0 spiro atoms. The maximum atomic E-state index is 4.38. The molecule has 0 saturated carbocycles. The summed E-state index contributed by atoms with van der Waals surface area (Å²) in [6.45, 7) is 0.798. The quantitative estimate of drug-likeness (QED) is 0.698. The van der Waals surface area contributed by atoms with E-state index in [0.717, 1.165) is 17.7 Å². The van der Waals surface area contributed by atoms with Gasteiger partial charge in [0.25, 0.3) is 0 Å². The average molecular weight is 235 g/mol. The van der Waals surface area contributed by atoms with Crippen molar-refractivity contribution >= 4 is 0 Å². The lowest BCUT2D eigenvalue weighted by Crippen LogP contribution is -1.99. The highest BCUT2D eigenvalue weighted by molar-refractivity contribution is 5.60. The molecule has 2 aromatic heterocycles. The van der Waals surface area contributed by atoms with E-state index in [9.17, 15) is 0 Å². The number of aromatic nitrogens is 3. The molecule has 0 aliphatic carbocycles. The van der Waals surface area contributed by atoms with Crippen LogP contribution in [0, 0.1) is 0 Å². The third-order valence-electron chi connectivity index (χ3n) is 2.83. The molecule has 3 nitrogen and oxygen atoms in total. The van der Waals surface area contributed by atoms with E-state index in [1.165, 1.54) is 5.56 Å². The minimum absolute atomic E-state index is 0.798. The van der Waals surface area contributed by atoms with Crippen LogP contribution in [0.4, 0.5) is 0 Å². The first kappa shape index (κ1) is 10.7. The molecule has 1 aromatic carbocycles. The summed E-state index contributed by atoms with van der Waals surface area (Å²) >= 11 is 0. The highest BCUT2D eigenvalue weighted by atomic mass is 15.3. The zero-order valence-corrected chi connectivity index (χ0v) is 9.90. The van der Waals surface area contributed by atoms with Crippen molar-refractivity contribution in [2.24, 2.45) is 0 Å². The monoisotopic (exact) mass is 235 g/mol. The summed E-state index contributed by atoms with van der Waals surface area (Å²) < 4.78 is 1.95. The Hall–Kier alpha value is -2.42. The van der Waals surface area contributed by atoms with Crippen molar-refractivity contribution in [3.8, 4) is 11.1 Å². The highest BCUT2D eigenvalue weighted by Gasteiger charge is 2.01. The summed E-state index contributed by atoms with van der Waals surface area (Å²) in [6, 6.07) is 14.3. The predicted octanol–water partition coefficient (Wildman–Crippen LogP) is 2.99. The maximum Gasteiger partial charge on any atom is 0.0659 e. The first-order chi connectivity index (χ1) is 8.92. The molecular formula is C15H13N3. The molecule has 3 rings (SSSR count). The van der Waals surface area contributed by atoms with Crippen molar-refractivity contribution in [3.63, 3.8) is 0 Å². The van der Waals surface area contributed by atoms with E-state index >= 15 is 0 Å². The van der Waals surface area contributed by atoms with Crippen LogP contribution in [0.3, 0.4) is 0 Å². The fourth-order valence-electron chi connectivity index (χ4n) is 1.91. The van der Waals surface area contributed by atoms with Crippen LogP contribution in [0.25, 0.3) is 11.1 Å². The van der Waals surface area contributed by atoms with Gasteiger partial charge >= 0.3 is 0 Å². The number of nitrogens with zero attached hydrogens (tertiary/aromatic N) is 3. The van der Waals surface area contributed by atoms with Crippen molar-refractivity contribution in [2.45, 2.75) is 6.54 Å². The molecule has 0 radical (unpaired) electrons. The van der Waals surface area contributed by atoms with Crippen LogP contribution in [0.15, 0.2) is 67.3 Å². The third kappa shape index (κ3) is 2.30. The fraction of sp³-hybridized carbons (Fsp3) is 0.0667. The molecule has 0 atom stereocenters. The lowest BCUT2D eigenvalue weighted by Gasteiger charge is -2.00. The Morgan fingerprint density at radius 3 is 2.44 bits per heavy atom. The zero-order valence-electron chi connectivity index (χ0n) is 9.90. The van der Waals surface area contributed by atoms with Gasteiger partial charge in [-0.1, -0.05) is 30.3 Å². The van der Waals surface area contributed by atoms with Crippen LogP contribution >= 0.6 is 0 Å². The SMILES string of the molecule is c1ccc(Cn2cc(-c3ccncc3)cn2)cc1. The van der Waals surface area contributed by atoms with Crippen molar-refractivity contribution < 1.29 is 0 Å². The number of hydrogen-bond acceptors (Lipinski definition) is 2. The Labute approximate surface area is 106 Å². The average Bonchev–Trinajstić information content (AvgIpc) is 2.89. The van der Waals surface area contributed by atoms with Gasteiger partial charge in [-0.05, 0) is 23.3 Å². The van der Waals surface area contributed by atoms with Gasteiger partial charge in [-0.25, -0.2) is 0 Å². The van der Waals surface area contributed by atoms with Gasteiger partial charge in [-0.15, -0.1) is 0 Å². The van der Waals surface area contributed by atoms with Gasteiger partial charge < -0.3 is 0 Å². The first-order valence-corrected chi connectivity index (χ1v) is 5.88. The van der Waals surface area contributed by atoms with Crippen molar-refractivity contribution in [1.29, 1.82) is 0 Å². The van der Waals surface area contributed by atoms with Gasteiger partial charge in [-0.3, -0.25) is 9.67 Å². The second-order valence-electron chi connectivity index (χ2n) is 4.15. The first-order valence-electron chi connectivity index (χ1n) is 5.88. The molecule has 18 heavy (non-hydrogen) atoms. The Kier molecular flexibility index (Phi) is 2.88. The maximum absolute atomic E-state index is 4.38.